The molecule has 2 atom stereocenters. The molecule has 1 aliphatic rings. The lowest BCUT2D eigenvalue weighted by Gasteiger charge is -2.41. The molecule has 0 saturated heterocycles. The molecule has 2 heterocycles. The molecule has 0 saturated carbocycles. The monoisotopic (exact) mass is 350 g/mol. The van der Waals surface area contributed by atoms with Crippen LogP contribution in [0.15, 0.2) is 17.1 Å². The third-order valence-corrected chi connectivity index (χ3v) is 3.60. The van der Waals surface area contributed by atoms with Gasteiger partial charge in [-0.1, -0.05) is 0 Å². The van der Waals surface area contributed by atoms with Crippen molar-refractivity contribution < 1.29 is 32.2 Å². The van der Waals surface area contributed by atoms with Crippen molar-refractivity contribution in [1.29, 1.82) is 0 Å². The highest BCUT2D eigenvalue weighted by molar-refractivity contribution is 6.01. The zero-order valence-corrected chi connectivity index (χ0v) is 12.6. The number of halogens is 4. The van der Waals surface area contributed by atoms with Crippen LogP contribution >= 0.6 is 0 Å². The molecular weight excluding hydrogens is 336 g/mol. The van der Waals surface area contributed by atoms with Gasteiger partial charge in [0.05, 0.1) is 6.61 Å². The van der Waals surface area contributed by atoms with Gasteiger partial charge in [0, 0.05) is 0 Å². The van der Waals surface area contributed by atoms with Crippen LogP contribution in [0.4, 0.5) is 28.2 Å². The van der Waals surface area contributed by atoms with E-state index in [0.717, 1.165) is 6.07 Å². The summed E-state index contributed by atoms with van der Waals surface area (Å²) >= 11 is 0. The van der Waals surface area contributed by atoms with Crippen molar-refractivity contribution in [2.24, 2.45) is 4.99 Å². The number of carbonyl (C=O) groups is 1. The average molecular weight is 350 g/mol. The second-order valence-electron chi connectivity index (χ2n) is 5.55. The minimum absolute atomic E-state index is 0.0697. The number of nitrogen functional groups attached to an aromatic ring is 1. The molecule has 0 radical (unpaired) electrons. The third kappa shape index (κ3) is 2.98. The van der Waals surface area contributed by atoms with Crippen LogP contribution in [-0.2, 0) is 10.3 Å². The Hall–Kier alpha value is -2.43. The molecule has 1 aromatic rings. The fraction of sp³-hybridized carbons (Fsp3) is 0.462. The summed E-state index contributed by atoms with van der Waals surface area (Å²) in [7, 11) is 0. The van der Waals surface area contributed by atoms with E-state index in [1.54, 1.807) is 5.32 Å². The minimum atomic E-state index is -4.95. The van der Waals surface area contributed by atoms with Crippen molar-refractivity contribution in [3.63, 3.8) is 0 Å². The maximum Gasteiger partial charge on any atom is 0.424 e. The van der Waals surface area contributed by atoms with E-state index in [0.29, 0.717) is 6.92 Å². The normalized spacial score (nSPS) is 27.5. The SMILES string of the molecule is C[C@@]1(c2nc(N)ccc2F)CO[C@@](C)(C(F)(F)F)C(NC(=O)O)=N1. The van der Waals surface area contributed by atoms with E-state index in [1.807, 2.05) is 0 Å². The highest BCUT2D eigenvalue weighted by atomic mass is 19.4. The summed E-state index contributed by atoms with van der Waals surface area (Å²) in [5.41, 5.74) is 0.447. The third-order valence-electron chi connectivity index (χ3n) is 3.60. The molecule has 2 rings (SSSR count). The number of aliphatic imine (C=N–C) groups is 1. The predicted molar refractivity (Wildman–Crippen MR) is 75.0 cm³/mol. The fourth-order valence-electron chi connectivity index (χ4n) is 2.16. The number of pyridine rings is 1. The molecular formula is C13H14F4N4O3. The van der Waals surface area contributed by atoms with Crippen LogP contribution in [0, 0.1) is 5.82 Å². The van der Waals surface area contributed by atoms with E-state index in [-0.39, 0.29) is 11.5 Å². The Kier molecular flexibility index (Phi) is 4.17. The maximum atomic E-state index is 14.0. The molecule has 1 aliphatic heterocycles. The van der Waals surface area contributed by atoms with Crippen LogP contribution in [0.2, 0.25) is 0 Å². The molecule has 1 aromatic heterocycles. The van der Waals surface area contributed by atoms with Gasteiger partial charge in [-0.25, -0.2) is 14.2 Å². The summed E-state index contributed by atoms with van der Waals surface area (Å²) < 4.78 is 58.7. The largest absolute Gasteiger partial charge is 0.465 e. The summed E-state index contributed by atoms with van der Waals surface area (Å²) in [6.45, 7) is 1.21. The van der Waals surface area contributed by atoms with E-state index in [2.05, 4.69) is 9.98 Å². The van der Waals surface area contributed by atoms with Gasteiger partial charge in [-0.05, 0) is 26.0 Å². The van der Waals surface area contributed by atoms with Gasteiger partial charge in [-0.3, -0.25) is 10.3 Å². The number of nitrogens with one attached hydrogen (secondary N) is 1. The van der Waals surface area contributed by atoms with Gasteiger partial charge >= 0.3 is 12.3 Å². The predicted octanol–water partition coefficient (Wildman–Crippen LogP) is 2.04. The lowest BCUT2D eigenvalue weighted by Crippen LogP contribution is -2.62. The van der Waals surface area contributed by atoms with E-state index < -0.39 is 41.7 Å². The molecule has 0 aliphatic carbocycles. The molecule has 24 heavy (non-hydrogen) atoms. The van der Waals surface area contributed by atoms with E-state index in [9.17, 15) is 22.4 Å². The first-order valence-electron chi connectivity index (χ1n) is 6.62. The number of nitrogens with zero attached hydrogens (tertiary/aromatic N) is 2. The fourth-order valence-corrected chi connectivity index (χ4v) is 2.16. The zero-order valence-electron chi connectivity index (χ0n) is 12.6. The Morgan fingerprint density at radius 1 is 1.42 bits per heavy atom. The maximum absolute atomic E-state index is 14.0. The number of aromatic nitrogens is 1. The second kappa shape index (κ2) is 5.58. The number of alkyl halides is 3. The highest BCUT2D eigenvalue weighted by Crippen LogP contribution is 2.41. The van der Waals surface area contributed by atoms with Gasteiger partial charge in [0.15, 0.2) is 0 Å². The summed E-state index contributed by atoms with van der Waals surface area (Å²) in [5.74, 6) is -1.94. The van der Waals surface area contributed by atoms with Crippen molar-refractivity contribution in [3.05, 3.63) is 23.6 Å². The van der Waals surface area contributed by atoms with Crippen LogP contribution in [0.25, 0.3) is 0 Å². The lowest BCUT2D eigenvalue weighted by molar-refractivity contribution is -0.250. The number of amidine groups is 1. The number of rotatable bonds is 1. The van der Waals surface area contributed by atoms with Crippen LogP contribution in [-0.4, -0.2) is 40.4 Å². The van der Waals surface area contributed by atoms with Crippen molar-refractivity contribution in [3.8, 4) is 0 Å². The zero-order chi connectivity index (χ0) is 18.3. The minimum Gasteiger partial charge on any atom is -0.465 e. The smallest absolute Gasteiger partial charge is 0.424 e. The van der Waals surface area contributed by atoms with Crippen molar-refractivity contribution >= 4 is 17.7 Å². The molecule has 0 unspecified atom stereocenters. The van der Waals surface area contributed by atoms with Gasteiger partial charge in [0.25, 0.3) is 0 Å². The van der Waals surface area contributed by atoms with Crippen LogP contribution in [0.1, 0.15) is 19.5 Å². The summed E-state index contributed by atoms with van der Waals surface area (Å²) in [4.78, 5) is 18.3. The standard InChI is InChI=1S/C13H14F4N4O3/c1-11(8-6(14)3-4-7(18)19-8)5-24-12(2,13(15,16)17)9(21-11)20-10(22)23/h3-4H,5H2,1-2H3,(H2,18,19)(H,20,21)(H,22,23)/t11-,12+/m0/s1. The van der Waals surface area contributed by atoms with Gasteiger partial charge in [-0.2, -0.15) is 13.2 Å². The van der Waals surface area contributed by atoms with Crippen LogP contribution < -0.4 is 11.1 Å². The first-order valence-corrected chi connectivity index (χ1v) is 6.62. The van der Waals surface area contributed by atoms with E-state index >= 15 is 0 Å². The number of ether oxygens (including phenoxy) is 1. The number of hydrogen-bond acceptors (Lipinski definition) is 5. The molecule has 1 amide bonds. The van der Waals surface area contributed by atoms with Gasteiger partial charge in [-0.15, -0.1) is 0 Å². The summed E-state index contributed by atoms with van der Waals surface area (Å²) in [5, 5.41) is 10.4. The Bertz CT molecular complexity index is 709. The molecule has 4 N–H and O–H groups in total. The van der Waals surface area contributed by atoms with Crippen molar-refractivity contribution in [2.75, 3.05) is 12.3 Å². The van der Waals surface area contributed by atoms with Crippen molar-refractivity contribution in [1.82, 2.24) is 10.3 Å². The summed E-state index contributed by atoms with van der Waals surface area (Å²) in [6, 6.07) is 2.16. The van der Waals surface area contributed by atoms with Gasteiger partial charge < -0.3 is 15.6 Å². The topological polar surface area (TPSA) is 110 Å². The van der Waals surface area contributed by atoms with Crippen LogP contribution in [0.3, 0.4) is 0 Å². The molecule has 0 bridgehead atoms. The highest BCUT2D eigenvalue weighted by Gasteiger charge is 2.60. The quantitative estimate of drug-likeness (QED) is 0.672. The molecule has 132 valence electrons. The first kappa shape index (κ1) is 17.9. The molecule has 0 aromatic carbocycles. The van der Waals surface area contributed by atoms with E-state index in [1.165, 1.54) is 13.0 Å². The number of nitrogens with two attached hydrogens (primary N) is 1. The second-order valence-corrected chi connectivity index (χ2v) is 5.55. The van der Waals surface area contributed by atoms with Crippen LogP contribution in [0.5, 0.6) is 0 Å². The summed E-state index contributed by atoms with van der Waals surface area (Å²) in [6.07, 6.45) is -6.71. The van der Waals surface area contributed by atoms with Crippen molar-refractivity contribution in [2.45, 2.75) is 31.2 Å². The number of hydrogen-bond donors (Lipinski definition) is 3. The van der Waals surface area contributed by atoms with Gasteiger partial charge in [0.1, 0.15) is 28.7 Å². The Morgan fingerprint density at radius 3 is 2.58 bits per heavy atom. The Morgan fingerprint density at radius 2 is 2.04 bits per heavy atom. The number of anilines is 1. The van der Waals surface area contributed by atoms with Gasteiger partial charge in [0.2, 0.25) is 5.60 Å². The Balaban J connectivity index is 2.60. The lowest BCUT2D eigenvalue weighted by atomic mass is 9.93. The molecule has 11 heteroatoms. The average Bonchev–Trinajstić information content (AvgIpc) is 2.44. The number of amides is 1. The first-order chi connectivity index (χ1) is 10.9. The Labute approximate surface area is 133 Å². The molecule has 0 fully saturated rings. The van der Waals surface area contributed by atoms with E-state index in [4.69, 9.17) is 15.6 Å². The molecule has 0 spiro atoms. The number of carboxylic acid groups (broad SMARTS) is 1. The molecule has 7 nitrogen and oxygen atoms in total.